The van der Waals surface area contributed by atoms with E-state index < -0.39 is 24.9 Å². The Bertz CT molecular complexity index is 778. The van der Waals surface area contributed by atoms with Crippen molar-refractivity contribution in [1.29, 1.82) is 0 Å². The van der Waals surface area contributed by atoms with Gasteiger partial charge in [-0.3, -0.25) is 4.79 Å². The molecule has 1 unspecified atom stereocenters. The topological polar surface area (TPSA) is 61.3 Å². The van der Waals surface area contributed by atoms with Gasteiger partial charge in [0.25, 0.3) is 0 Å². The van der Waals surface area contributed by atoms with Gasteiger partial charge in [0.1, 0.15) is 6.61 Å². The summed E-state index contributed by atoms with van der Waals surface area (Å²) in [5.41, 5.74) is 2.89. The highest BCUT2D eigenvalue weighted by molar-refractivity contribution is 5.69. The van der Waals surface area contributed by atoms with Gasteiger partial charge in [0.05, 0.1) is 0 Å². The zero-order valence-electron chi connectivity index (χ0n) is 17.2. The number of alkyl halides is 3. The molecule has 8 heteroatoms. The Balaban J connectivity index is 1.93. The van der Waals surface area contributed by atoms with Gasteiger partial charge in [-0.05, 0) is 24.0 Å². The molecule has 0 spiro atoms. The maximum absolute atomic E-state index is 13.0. The average molecular weight is 424 g/mol. The molecule has 1 aromatic carbocycles. The van der Waals surface area contributed by atoms with Crippen LogP contribution in [-0.2, 0) is 16.0 Å². The van der Waals surface area contributed by atoms with Gasteiger partial charge in [0, 0.05) is 24.4 Å². The van der Waals surface area contributed by atoms with Crippen LogP contribution in [0.2, 0.25) is 0 Å². The first-order valence-corrected chi connectivity index (χ1v) is 10.1. The molecular formula is C22H27F3N2O3. The van der Waals surface area contributed by atoms with Crippen LogP contribution in [0, 0.1) is 0 Å². The first-order chi connectivity index (χ1) is 14.3. The Morgan fingerprint density at radius 1 is 1.00 bits per heavy atom. The number of aromatic nitrogens is 2. The van der Waals surface area contributed by atoms with E-state index in [1.54, 1.807) is 0 Å². The van der Waals surface area contributed by atoms with Crippen molar-refractivity contribution in [2.45, 2.75) is 64.7 Å². The monoisotopic (exact) mass is 424 g/mol. The van der Waals surface area contributed by atoms with Gasteiger partial charge in [-0.2, -0.15) is 13.2 Å². The number of unbranched alkanes of at least 4 members (excludes halogenated alkanes) is 3. The van der Waals surface area contributed by atoms with Crippen LogP contribution >= 0.6 is 0 Å². The number of esters is 1. The third kappa shape index (κ3) is 7.65. The molecule has 0 aliphatic rings. The second-order valence-electron chi connectivity index (χ2n) is 6.95. The Kier molecular flexibility index (Phi) is 9.08. The van der Waals surface area contributed by atoms with Crippen molar-refractivity contribution in [3.05, 3.63) is 42.2 Å². The zero-order chi connectivity index (χ0) is 22.0. The van der Waals surface area contributed by atoms with Gasteiger partial charge in [0.2, 0.25) is 6.10 Å². The third-order valence-corrected chi connectivity index (χ3v) is 4.53. The van der Waals surface area contributed by atoms with Crippen molar-refractivity contribution in [3.8, 4) is 17.1 Å². The number of rotatable bonds is 11. The molecule has 0 radical (unpaired) electrons. The Morgan fingerprint density at radius 3 is 2.23 bits per heavy atom. The quantitative estimate of drug-likeness (QED) is 0.351. The van der Waals surface area contributed by atoms with Gasteiger partial charge in [-0.25, -0.2) is 9.97 Å². The molecule has 0 amide bonds. The molecule has 0 bridgehead atoms. The summed E-state index contributed by atoms with van der Waals surface area (Å²) >= 11 is 0. The molecular weight excluding hydrogens is 397 g/mol. The van der Waals surface area contributed by atoms with Crippen LogP contribution in [0.3, 0.4) is 0 Å². The van der Waals surface area contributed by atoms with E-state index in [9.17, 15) is 18.0 Å². The fraction of sp³-hybridized carbons (Fsp3) is 0.500. The second-order valence-corrected chi connectivity index (χ2v) is 6.95. The number of hydrogen-bond donors (Lipinski definition) is 0. The van der Waals surface area contributed by atoms with Crippen LogP contribution in [-0.4, -0.2) is 34.8 Å². The standard InChI is InChI=1S/C22H27F3N2O3/c1-3-5-6-7-8-16-9-11-17(12-10-16)18-13-26-21(27-14-18)29-15-19(22(23,24)25)30-20(28)4-2/h9-14,19H,3-8,15H2,1-2H3. The summed E-state index contributed by atoms with van der Waals surface area (Å²) in [5, 5.41) is 0. The maximum atomic E-state index is 13.0. The molecule has 0 aliphatic carbocycles. The minimum Gasteiger partial charge on any atom is -0.459 e. The van der Waals surface area contributed by atoms with Crippen LogP contribution < -0.4 is 4.74 Å². The molecule has 0 saturated carbocycles. The van der Waals surface area contributed by atoms with Crippen LogP contribution in [0.1, 0.15) is 51.5 Å². The van der Waals surface area contributed by atoms with Crippen molar-refractivity contribution in [2.24, 2.45) is 0 Å². The Morgan fingerprint density at radius 2 is 1.67 bits per heavy atom. The summed E-state index contributed by atoms with van der Waals surface area (Å²) in [5.74, 6) is -0.953. The molecule has 2 aromatic rings. The van der Waals surface area contributed by atoms with E-state index in [2.05, 4.69) is 33.8 Å². The zero-order valence-corrected chi connectivity index (χ0v) is 17.2. The lowest BCUT2D eigenvalue weighted by Crippen LogP contribution is -2.38. The van der Waals surface area contributed by atoms with Crippen LogP contribution in [0.4, 0.5) is 13.2 Å². The fourth-order valence-corrected chi connectivity index (χ4v) is 2.75. The maximum Gasteiger partial charge on any atom is 0.428 e. The van der Waals surface area contributed by atoms with Crippen LogP contribution in [0.25, 0.3) is 11.1 Å². The molecule has 5 nitrogen and oxygen atoms in total. The molecule has 164 valence electrons. The van der Waals surface area contributed by atoms with E-state index in [1.807, 2.05) is 12.1 Å². The van der Waals surface area contributed by atoms with Gasteiger partial charge < -0.3 is 9.47 Å². The van der Waals surface area contributed by atoms with Gasteiger partial charge in [0.15, 0.2) is 0 Å². The molecule has 0 fully saturated rings. The van der Waals surface area contributed by atoms with Crippen LogP contribution in [0.5, 0.6) is 6.01 Å². The smallest absolute Gasteiger partial charge is 0.428 e. The number of nitrogens with zero attached hydrogens (tertiary/aromatic N) is 2. The molecule has 1 aromatic heterocycles. The number of aryl methyl sites for hydroxylation is 1. The second kappa shape index (κ2) is 11.5. The lowest BCUT2D eigenvalue weighted by atomic mass is 10.0. The lowest BCUT2D eigenvalue weighted by Gasteiger charge is -2.20. The number of carbonyl (C=O) groups excluding carboxylic acids is 1. The van der Waals surface area contributed by atoms with Crippen molar-refractivity contribution in [2.75, 3.05) is 6.61 Å². The predicted octanol–water partition coefficient (Wildman–Crippen LogP) is 5.53. The highest BCUT2D eigenvalue weighted by Crippen LogP contribution is 2.24. The molecule has 0 N–H and O–H groups in total. The third-order valence-electron chi connectivity index (χ3n) is 4.53. The number of benzene rings is 1. The van der Waals surface area contributed by atoms with Crippen molar-refractivity contribution in [1.82, 2.24) is 9.97 Å². The summed E-state index contributed by atoms with van der Waals surface area (Å²) in [4.78, 5) is 19.1. The minimum absolute atomic E-state index is 0.157. The number of carbonyl (C=O) groups is 1. The number of halogens is 3. The van der Waals surface area contributed by atoms with E-state index in [-0.39, 0.29) is 12.4 Å². The predicted molar refractivity (Wildman–Crippen MR) is 107 cm³/mol. The SMILES string of the molecule is CCCCCCc1ccc(-c2cnc(OCC(OC(=O)CC)C(F)(F)F)nc2)cc1. The summed E-state index contributed by atoms with van der Waals surface area (Å²) in [6, 6.07) is 7.84. The summed E-state index contributed by atoms with van der Waals surface area (Å²) in [7, 11) is 0. The van der Waals surface area contributed by atoms with Gasteiger partial charge >= 0.3 is 18.2 Å². The minimum atomic E-state index is -4.73. The van der Waals surface area contributed by atoms with Crippen molar-refractivity contribution >= 4 is 5.97 Å². The highest BCUT2D eigenvalue weighted by Gasteiger charge is 2.43. The average Bonchev–Trinajstić information content (AvgIpc) is 2.74. The summed E-state index contributed by atoms with van der Waals surface area (Å²) in [6.07, 6.45) is 1.59. The molecule has 0 saturated heterocycles. The first kappa shape index (κ1) is 23.6. The lowest BCUT2D eigenvalue weighted by molar-refractivity contribution is -0.227. The molecule has 2 rings (SSSR count). The van der Waals surface area contributed by atoms with E-state index in [4.69, 9.17) is 4.74 Å². The molecule has 0 aliphatic heterocycles. The summed E-state index contributed by atoms with van der Waals surface area (Å²) < 4.78 is 48.2. The molecule has 30 heavy (non-hydrogen) atoms. The molecule has 1 atom stereocenters. The highest BCUT2D eigenvalue weighted by atomic mass is 19.4. The van der Waals surface area contributed by atoms with E-state index in [0.717, 1.165) is 24.0 Å². The normalized spacial score (nSPS) is 12.4. The number of hydrogen-bond acceptors (Lipinski definition) is 5. The first-order valence-electron chi connectivity index (χ1n) is 10.1. The van der Waals surface area contributed by atoms with Crippen LogP contribution in [0.15, 0.2) is 36.7 Å². The van der Waals surface area contributed by atoms with E-state index >= 15 is 0 Å². The van der Waals surface area contributed by atoms with Crippen molar-refractivity contribution < 1.29 is 27.4 Å². The van der Waals surface area contributed by atoms with E-state index in [0.29, 0.717) is 0 Å². The number of ether oxygens (including phenoxy) is 2. The fourth-order valence-electron chi connectivity index (χ4n) is 2.75. The Hall–Kier alpha value is -2.64. The van der Waals surface area contributed by atoms with Crippen molar-refractivity contribution in [3.63, 3.8) is 0 Å². The van der Waals surface area contributed by atoms with Gasteiger partial charge in [-0.1, -0.05) is 57.4 Å². The largest absolute Gasteiger partial charge is 0.459 e. The molecule has 1 heterocycles. The van der Waals surface area contributed by atoms with E-state index in [1.165, 1.54) is 44.1 Å². The summed E-state index contributed by atoms with van der Waals surface area (Å²) in [6.45, 7) is 2.70. The Labute approximate surface area is 174 Å². The van der Waals surface area contributed by atoms with Gasteiger partial charge in [-0.15, -0.1) is 0 Å².